The maximum atomic E-state index is 10.6. The largest absolute Gasteiger partial charge is 0.391 e. The third-order valence-electron chi connectivity index (χ3n) is 13.3. The van der Waals surface area contributed by atoms with Crippen LogP contribution in [-0.2, 0) is 9.47 Å². The number of hydrogen-bond acceptors (Lipinski definition) is 5. The molecule has 0 bridgehead atoms. The van der Waals surface area contributed by atoms with Crippen LogP contribution in [0.25, 0.3) is 0 Å². The van der Waals surface area contributed by atoms with E-state index in [1.807, 2.05) is 0 Å². The van der Waals surface area contributed by atoms with Gasteiger partial charge < -0.3 is 24.8 Å². The first-order chi connectivity index (χ1) is 18.3. The predicted octanol–water partition coefficient (Wildman–Crippen LogP) is 6.71. The number of ether oxygens (including phenoxy) is 2. The summed E-state index contributed by atoms with van der Waals surface area (Å²) in [7, 11) is 0. The van der Waals surface area contributed by atoms with Gasteiger partial charge in [0.1, 0.15) is 18.3 Å². The van der Waals surface area contributed by atoms with Crippen molar-refractivity contribution < 1.29 is 24.8 Å². The fourth-order valence-electron chi connectivity index (χ4n) is 11.0. The van der Waals surface area contributed by atoms with E-state index in [9.17, 15) is 15.3 Å². The smallest absolute Gasteiger partial charge is 0.187 e. The first-order valence-corrected chi connectivity index (χ1v) is 16.7. The van der Waals surface area contributed by atoms with Gasteiger partial charge in [0.05, 0.1) is 11.7 Å². The van der Waals surface area contributed by atoms with Crippen molar-refractivity contribution in [1.82, 2.24) is 0 Å². The molecule has 5 fully saturated rings. The lowest BCUT2D eigenvalue weighted by atomic mass is 9.43. The van der Waals surface area contributed by atoms with Crippen LogP contribution in [-0.4, -0.2) is 51.6 Å². The Morgan fingerprint density at radius 3 is 2.21 bits per heavy atom. The van der Waals surface area contributed by atoms with Gasteiger partial charge in [0, 0.05) is 0 Å². The first kappa shape index (κ1) is 30.3. The average Bonchev–Trinajstić information content (AvgIpc) is 3.36. The van der Waals surface area contributed by atoms with Crippen molar-refractivity contribution in [3.8, 4) is 0 Å². The van der Waals surface area contributed by atoms with Gasteiger partial charge in [0.25, 0.3) is 0 Å². The van der Waals surface area contributed by atoms with Crippen LogP contribution in [0.15, 0.2) is 0 Å². The van der Waals surface area contributed by atoms with Gasteiger partial charge in [-0.05, 0) is 124 Å². The monoisotopic (exact) mass is 548 g/mol. The summed E-state index contributed by atoms with van der Waals surface area (Å²) in [4.78, 5) is 0. The van der Waals surface area contributed by atoms with Crippen molar-refractivity contribution in [2.24, 2.45) is 52.3 Å². The summed E-state index contributed by atoms with van der Waals surface area (Å²) < 4.78 is 12.3. The van der Waals surface area contributed by atoms with E-state index in [0.29, 0.717) is 16.7 Å². The molecule has 0 aromatic rings. The summed E-state index contributed by atoms with van der Waals surface area (Å²) in [5, 5.41) is 30.9. The predicted molar refractivity (Wildman–Crippen MR) is 155 cm³/mol. The number of aliphatic hydroxyl groups excluding tert-OH is 3. The van der Waals surface area contributed by atoms with Crippen LogP contribution in [0.2, 0.25) is 0 Å². The van der Waals surface area contributed by atoms with Crippen molar-refractivity contribution in [2.75, 3.05) is 0 Å². The van der Waals surface area contributed by atoms with Gasteiger partial charge in [-0.1, -0.05) is 53.9 Å². The Morgan fingerprint density at radius 2 is 1.54 bits per heavy atom. The van der Waals surface area contributed by atoms with E-state index in [1.165, 1.54) is 64.2 Å². The highest BCUT2D eigenvalue weighted by atomic mass is 16.7. The van der Waals surface area contributed by atoms with Gasteiger partial charge in [-0.15, -0.1) is 0 Å². The number of rotatable bonds is 8. The van der Waals surface area contributed by atoms with Crippen molar-refractivity contribution in [2.45, 2.75) is 162 Å². The van der Waals surface area contributed by atoms with Crippen molar-refractivity contribution in [3.63, 3.8) is 0 Å². The standard InChI is InChI=1S/C34H60O5/c1-20(2)9-8-10-21(3)25-13-14-26-24-12-11-23-19-32(5,39-31-29(37)28(36)30(38-31)22(4)35)17-18-33(23,6)27(24)15-16-34(25,26)7/h20-31,35-37H,8-19H2,1-7H3/t21-,22+,23-,24+,25-,26+,27+,28+,29+,30-,31-,32+,33+,34-/m1/s1. The molecule has 0 aromatic carbocycles. The van der Waals surface area contributed by atoms with Crippen LogP contribution >= 0.6 is 0 Å². The highest BCUT2D eigenvalue weighted by Gasteiger charge is 2.62. The molecule has 1 heterocycles. The van der Waals surface area contributed by atoms with Crippen LogP contribution in [0.1, 0.15) is 126 Å². The molecule has 5 heteroatoms. The molecule has 4 aliphatic carbocycles. The normalized spacial score (nSPS) is 51.3. The molecule has 4 saturated carbocycles. The quantitative estimate of drug-likeness (QED) is 0.314. The van der Waals surface area contributed by atoms with E-state index in [-0.39, 0.29) is 5.60 Å². The molecule has 0 amide bonds. The number of hydrogen-bond donors (Lipinski definition) is 3. The fourth-order valence-corrected chi connectivity index (χ4v) is 11.0. The summed E-state index contributed by atoms with van der Waals surface area (Å²) >= 11 is 0. The number of aliphatic hydroxyl groups is 3. The zero-order valence-electron chi connectivity index (χ0n) is 26.1. The molecule has 0 unspecified atom stereocenters. The minimum Gasteiger partial charge on any atom is -0.391 e. The molecular weight excluding hydrogens is 488 g/mol. The van der Waals surface area contributed by atoms with E-state index < -0.39 is 30.7 Å². The molecule has 3 N–H and O–H groups in total. The summed E-state index contributed by atoms with van der Waals surface area (Å²) in [6.07, 6.45) is 10.9. The van der Waals surface area contributed by atoms with Crippen LogP contribution < -0.4 is 0 Å². The SMILES string of the molecule is CC(C)CCC[C@@H](C)[C@H]1CC[C@H]2[C@@H]3CC[C@@H]4C[C@@](C)(O[C@H]5O[C@H]([C@H](C)O)[C@@H](O)[C@@H]5O)CC[C@]4(C)[C@H]3CC[C@]12C. The van der Waals surface area contributed by atoms with E-state index >= 15 is 0 Å². The van der Waals surface area contributed by atoms with Crippen molar-refractivity contribution in [3.05, 3.63) is 0 Å². The molecular formula is C34H60O5. The molecule has 14 atom stereocenters. The van der Waals surface area contributed by atoms with Crippen LogP contribution in [0.4, 0.5) is 0 Å². The fraction of sp³-hybridized carbons (Fsp3) is 1.00. The summed E-state index contributed by atoms with van der Waals surface area (Å²) in [5.41, 5.74) is 0.527. The van der Waals surface area contributed by atoms with E-state index in [2.05, 4.69) is 41.5 Å². The Morgan fingerprint density at radius 1 is 0.821 bits per heavy atom. The lowest BCUT2D eigenvalue weighted by Gasteiger charge is -2.62. The zero-order valence-corrected chi connectivity index (χ0v) is 26.1. The average molecular weight is 549 g/mol. The third kappa shape index (κ3) is 5.39. The molecule has 0 spiro atoms. The second-order valence-electron chi connectivity index (χ2n) is 16.2. The Bertz CT molecular complexity index is 845. The van der Waals surface area contributed by atoms with Crippen molar-refractivity contribution >= 4 is 0 Å². The topological polar surface area (TPSA) is 79.2 Å². The van der Waals surface area contributed by atoms with Crippen molar-refractivity contribution in [1.29, 1.82) is 0 Å². The van der Waals surface area contributed by atoms with Gasteiger partial charge in [-0.2, -0.15) is 0 Å². The second-order valence-corrected chi connectivity index (χ2v) is 16.2. The van der Waals surface area contributed by atoms with Crippen LogP contribution in [0.5, 0.6) is 0 Å². The summed E-state index contributed by atoms with van der Waals surface area (Å²) in [6.45, 7) is 16.3. The van der Waals surface area contributed by atoms with Gasteiger partial charge in [-0.25, -0.2) is 0 Å². The Labute approximate surface area is 238 Å². The minimum atomic E-state index is -1.12. The molecule has 1 saturated heterocycles. The Hall–Kier alpha value is -0.200. The molecule has 0 aromatic heterocycles. The minimum absolute atomic E-state index is 0.366. The second kappa shape index (κ2) is 11.1. The van der Waals surface area contributed by atoms with Gasteiger partial charge in [-0.3, -0.25) is 0 Å². The van der Waals surface area contributed by atoms with Gasteiger partial charge >= 0.3 is 0 Å². The van der Waals surface area contributed by atoms with Gasteiger partial charge in [0.2, 0.25) is 0 Å². The summed E-state index contributed by atoms with van der Waals surface area (Å²) in [6, 6.07) is 0. The lowest BCUT2D eigenvalue weighted by Crippen LogP contribution is -2.56. The molecule has 5 nitrogen and oxygen atoms in total. The Balaban J connectivity index is 1.23. The summed E-state index contributed by atoms with van der Waals surface area (Å²) in [5.74, 6) is 5.82. The van der Waals surface area contributed by atoms with Crippen LogP contribution in [0.3, 0.4) is 0 Å². The van der Waals surface area contributed by atoms with E-state index in [4.69, 9.17) is 9.47 Å². The lowest BCUT2D eigenvalue weighted by molar-refractivity contribution is -0.253. The first-order valence-electron chi connectivity index (χ1n) is 16.7. The molecule has 1 aliphatic heterocycles. The number of fused-ring (bicyclic) bond motifs is 5. The highest BCUT2D eigenvalue weighted by Crippen LogP contribution is 2.69. The zero-order chi connectivity index (χ0) is 28.3. The highest BCUT2D eigenvalue weighted by molar-refractivity contribution is 5.11. The van der Waals surface area contributed by atoms with E-state index in [0.717, 1.165) is 48.3 Å². The molecule has 0 radical (unpaired) electrons. The maximum Gasteiger partial charge on any atom is 0.187 e. The van der Waals surface area contributed by atoms with E-state index in [1.54, 1.807) is 6.92 Å². The molecule has 226 valence electrons. The Kier molecular flexibility index (Phi) is 8.64. The third-order valence-corrected chi connectivity index (χ3v) is 13.3. The molecule has 5 rings (SSSR count). The maximum absolute atomic E-state index is 10.6. The van der Waals surface area contributed by atoms with Crippen LogP contribution in [0, 0.1) is 52.3 Å². The molecule has 5 aliphatic rings. The molecule has 39 heavy (non-hydrogen) atoms. The van der Waals surface area contributed by atoms with Gasteiger partial charge in [0.15, 0.2) is 6.29 Å².